The zero-order chi connectivity index (χ0) is 16.4. The van der Waals surface area contributed by atoms with Gasteiger partial charge in [-0.2, -0.15) is 14.0 Å². The van der Waals surface area contributed by atoms with E-state index >= 15 is 0 Å². The molecule has 0 radical (unpaired) electrons. The Labute approximate surface area is 118 Å². The Morgan fingerprint density at radius 3 is 1.86 bits per heavy atom. The molecule has 0 bridgehead atoms. The van der Waals surface area contributed by atoms with Crippen LogP contribution in [-0.2, 0) is 0 Å². The zero-order valence-corrected chi connectivity index (χ0v) is 11.5. The first kappa shape index (κ1) is 17.2. The van der Waals surface area contributed by atoms with E-state index in [0.717, 1.165) is 0 Å². The molecule has 0 fully saturated rings. The molecule has 8 heteroatoms. The lowest BCUT2D eigenvalue weighted by Crippen LogP contribution is -2.49. The van der Waals surface area contributed by atoms with Crippen LogP contribution in [0.4, 0.5) is 22.0 Å². The molecule has 0 amide bonds. The van der Waals surface area contributed by atoms with E-state index < -0.39 is 47.0 Å². The topological polar surface area (TPSA) is 45.0 Å². The van der Waals surface area contributed by atoms with Crippen LogP contribution in [-0.4, -0.2) is 18.2 Å². The van der Waals surface area contributed by atoms with Crippen LogP contribution in [0.3, 0.4) is 0 Å². The Hall–Kier alpha value is -1.88. The lowest BCUT2D eigenvalue weighted by Gasteiger charge is -2.26. The summed E-state index contributed by atoms with van der Waals surface area (Å²) in [5, 5.41) is 11.8. The minimum Gasteiger partial charge on any atom is -0.484 e. The van der Waals surface area contributed by atoms with Gasteiger partial charge in [0.15, 0.2) is 5.75 Å². The summed E-state index contributed by atoms with van der Waals surface area (Å²) in [6, 6.07) is 1.66. The Kier molecular flexibility index (Phi) is 5.12. The number of ether oxygens (including phenoxy) is 1. The normalized spacial score (nSPS) is 13.9. The molecule has 0 aliphatic rings. The van der Waals surface area contributed by atoms with Gasteiger partial charge in [0.05, 0.1) is 6.07 Å². The zero-order valence-electron chi connectivity index (χ0n) is 11.5. The maximum atomic E-state index is 13.4. The second kappa shape index (κ2) is 6.26. The van der Waals surface area contributed by atoms with Gasteiger partial charge in [-0.3, -0.25) is 5.32 Å². The quantitative estimate of drug-likeness (QED) is 0.516. The van der Waals surface area contributed by atoms with Gasteiger partial charge in [-0.25, -0.2) is 13.2 Å². The third-order valence-corrected chi connectivity index (χ3v) is 2.53. The summed E-state index contributed by atoms with van der Waals surface area (Å²) >= 11 is 0. The van der Waals surface area contributed by atoms with Crippen molar-refractivity contribution in [2.45, 2.75) is 32.4 Å². The molecule has 21 heavy (non-hydrogen) atoms. The predicted octanol–water partition coefficient (Wildman–Crippen LogP) is 3.04. The van der Waals surface area contributed by atoms with E-state index in [0.29, 0.717) is 0 Å². The Bertz CT molecular complexity index is 556. The summed E-state index contributed by atoms with van der Waals surface area (Å²) in [7, 11) is 0. The number of hydrogen-bond acceptors (Lipinski definition) is 3. The summed E-state index contributed by atoms with van der Waals surface area (Å²) in [6.45, 7) is 4.21. The Balaban J connectivity index is 3.08. The highest BCUT2D eigenvalue weighted by molar-refractivity contribution is 5.30. The standard InChI is InChI=1S/C13H13F5N2O/c1-6(2)20-13(3,4-19)5-21-12-10(17)8(15)7(14)9(16)11(12)18/h6,20H,5H2,1-3H3. The molecule has 3 nitrogen and oxygen atoms in total. The molecule has 0 aromatic heterocycles. The molecule has 0 aliphatic carbocycles. The van der Waals surface area contributed by atoms with Crippen LogP contribution < -0.4 is 10.1 Å². The smallest absolute Gasteiger partial charge is 0.206 e. The van der Waals surface area contributed by atoms with Crippen LogP contribution in [0, 0.1) is 40.4 Å². The van der Waals surface area contributed by atoms with E-state index in [1.165, 1.54) is 6.92 Å². The van der Waals surface area contributed by atoms with Gasteiger partial charge in [0.2, 0.25) is 29.1 Å². The monoisotopic (exact) mass is 308 g/mol. The van der Waals surface area contributed by atoms with Crippen molar-refractivity contribution in [3.63, 3.8) is 0 Å². The molecule has 0 aliphatic heterocycles. The number of rotatable bonds is 5. The molecule has 1 rings (SSSR count). The molecular formula is C13H13F5N2O. The van der Waals surface area contributed by atoms with E-state index in [1.54, 1.807) is 13.8 Å². The minimum atomic E-state index is -2.26. The van der Waals surface area contributed by atoms with E-state index in [2.05, 4.69) is 10.1 Å². The van der Waals surface area contributed by atoms with E-state index in [1.807, 2.05) is 6.07 Å². The molecule has 1 unspecified atom stereocenters. The lowest BCUT2D eigenvalue weighted by molar-refractivity contribution is 0.201. The molecule has 1 aromatic carbocycles. The van der Waals surface area contributed by atoms with Crippen molar-refractivity contribution in [1.29, 1.82) is 5.26 Å². The van der Waals surface area contributed by atoms with Crippen LogP contribution in [0.25, 0.3) is 0 Å². The van der Waals surface area contributed by atoms with Gasteiger partial charge in [-0.15, -0.1) is 0 Å². The summed E-state index contributed by atoms with van der Waals surface area (Å²) in [4.78, 5) is 0. The van der Waals surface area contributed by atoms with Crippen LogP contribution in [0.15, 0.2) is 0 Å². The second-order valence-corrected chi connectivity index (χ2v) is 4.93. The van der Waals surface area contributed by atoms with Crippen molar-refractivity contribution in [2.75, 3.05) is 6.61 Å². The first-order chi connectivity index (χ1) is 9.63. The summed E-state index contributed by atoms with van der Waals surface area (Å²) in [6.07, 6.45) is 0. The highest BCUT2D eigenvalue weighted by atomic mass is 19.2. The largest absolute Gasteiger partial charge is 0.484 e. The number of nitrogens with zero attached hydrogens (tertiary/aromatic N) is 1. The number of benzene rings is 1. The van der Waals surface area contributed by atoms with Gasteiger partial charge in [0.25, 0.3) is 0 Å². The number of hydrogen-bond donors (Lipinski definition) is 1. The molecule has 116 valence electrons. The highest BCUT2D eigenvalue weighted by Crippen LogP contribution is 2.29. The molecular weight excluding hydrogens is 295 g/mol. The van der Waals surface area contributed by atoms with Gasteiger partial charge < -0.3 is 4.74 Å². The summed E-state index contributed by atoms with van der Waals surface area (Å²) in [5.41, 5.74) is -1.35. The molecule has 0 saturated heterocycles. The average molecular weight is 308 g/mol. The lowest BCUT2D eigenvalue weighted by atomic mass is 10.1. The third kappa shape index (κ3) is 3.61. The Morgan fingerprint density at radius 2 is 1.48 bits per heavy atom. The maximum absolute atomic E-state index is 13.4. The summed E-state index contributed by atoms with van der Waals surface area (Å²) in [5.74, 6) is -12.0. The van der Waals surface area contributed by atoms with E-state index in [4.69, 9.17) is 5.26 Å². The SMILES string of the molecule is CC(C)NC(C)(C#N)COc1c(F)c(F)c(F)c(F)c1F. The maximum Gasteiger partial charge on any atom is 0.206 e. The van der Waals surface area contributed by atoms with Gasteiger partial charge in [-0.1, -0.05) is 0 Å². The van der Waals surface area contributed by atoms with Crippen molar-refractivity contribution >= 4 is 0 Å². The molecule has 1 N–H and O–H groups in total. The Morgan fingerprint density at radius 1 is 1.05 bits per heavy atom. The fraction of sp³-hybridized carbons (Fsp3) is 0.462. The molecule has 0 saturated carbocycles. The van der Waals surface area contributed by atoms with E-state index in [-0.39, 0.29) is 6.04 Å². The van der Waals surface area contributed by atoms with Crippen molar-refractivity contribution in [3.05, 3.63) is 29.1 Å². The van der Waals surface area contributed by atoms with Crippen LogP contribution in [0.5, 0.6) is 5.75 Å². The first-order valence-electron chi connectivity index (χ1n) is 5.96. The van der Waals surface area contributed by atoms with Gasteiger partial charge in [0.1, 0.15) is 12.1 Å². The van der Waals surface area contributed by atoms with Crippen LogP contribution in [0.2, 0.25) is 0 Å². The van der Waals surface area contributed by atoms with Crippen molar-refractivity contribution in [3.8, 4) is 11.8 Å². The average Bonchev–Trinajstić information content (AvgIpc) is 2.42. The van der Waals surface area contributed by atoms with Crippen molar-refractivity contribution < 1.29 is 26.7 Å². The van der Waals surface area contributed by atoms with Crippen molar-refractivity contribution in [1.82, 2.24) is 5.32 Å². The number of halogens is 5. The second-order valence-electron chi connectivity index (χ2n) is 4.93. The minimum absolute atomic E-state index is 0.158. The highest BCUT2D eigenvalue weighted by Gasteiger charge is 2.31. The number of nitrogens with one attached hydrogen (secondary N) is 1. The predicted molar refractivity (Wildman–Crippen MR) is 64.0 cm³/mol. The third-order valence-electron chi connectivity index (χ3n) is 2.53. The van der Waals surface area contributed by atoms with E-state index in [9.17, 15) is 22.0 Å². The summed E-state index contributed by atoms with van der Waals surface area (Å²) < 4.78 is 70.3. The van der Waals surface area contributed by atoms with Gasteiger partial charge in [-0.05, 0) is 20.8 Å². The molecule has 1 aromatic rings. The van der Waals surface area contributed by atoms with Gasteiger partial charge >= 0.3 is 0 Å². The van der Waals surface area contributed by atoms with Gasteiger partial charge in [0, 0.05) is 6.04 Å². The molecule has 1 atom stereocenters. The fourth-order valence-electron chi connectivity index (χ4n) is 1.67. The van der Waals surface area contributed by atoms with Crippen LogP contribution in [0.1, 0.15) is 20.8 Å². The number of nitriles is 1. The molecule has 0 spiro atoms. The van der Waals surface area contributed by atoms with Crippen molar-refractivity contribution in [2.24, 2.45) is 0 Å². The fourth-order valence-corrected chi connectivity index (χ4v) is 1.67. The molecule has 0 heterocycles. The van der Waals surface area contributed by atoms with Crippen LogP contribution >= 0.6 is 0 Å². The first-order valence-corrected chi connectivity index (χ1v) is 5.96.